The van der Waals surface area contributed by atoms with Crippen LogP contribution in [0.25, 0.3) is 0 Å². The summed E-state index contributed by atoms with van der Waals surface area (Å²) in [6, 6.07) is 13.4. The lowest BCUT2D eigenvalue weighted by Gasteiger charge is -2.29. The third-order valence-corrected chi connectivity index (χ3v) is 5.97. The number of methoxy groups -OCH3 is 1. The molecule has 0 heterocycles. The van der Waals surface area contributed by atoms with Gasteiger partial charge in [0, 0.05) is 6.54 Å². The number of nitrogens with one attached hydrogen (secondary N) is 1. The van der Waals surface area contributed by atoms with E-state index in [1.807, 2.05) is 37.3 Å². The van der Waals surface area contributed by atoms with Crippen LogP contribution < -0.4 is 14.4 Å². The molecule has 0 aliphatic rings. The molecule has 1 amide bonds. The quantitative estimate of drug-likeness (QED) is 0.704. The highest BCUT2D eigenvalue weighted by Crippen LogP contribution is 2.31. The molecule has 0 spiro atoms. The van der Waals surface area contributed by atoms with Crippen LogP contribution in [-0.4, -0.2) is 40.3 Å². The topological polar surface area (TPSA) is 75.7 Å². The van der Waals surface area contributed by atoms with Gasteiger partial charge in [0.15, 0.2) is 0 Å². The SMILES string of the molecule is COc1ccc(N([C@H](C)C(=O)NC[C@H](C)c2ccccc2)S(C)(=O)=O)cc1Cl. The van der Waals surface area contributed by atoms with Crippen LogP contribution in [0.4, 0.5) is 5.69 Å². The molecule has 0 saturated carbocycles. The molecule has 152 valence electrons. The molecule has 0 bridgehead atoms. The third-order valence-electron chi connectivity index (χ3n) is 4.43. The molecule has 2 aromatic rings. The van der Waals surface area contributed by atoms with Gasteiger partial charge in [-0.2, -0.15) is 0 Å². The first kappa shape index (κ1) is 22.0. The lowest BCUT2D eigenvalue weighted by molar-refractivity contribution is -0.121. The molecular formula is C20H25ClN2O4S. The van der Waals surface area contributed by atoms with Crippen molar-refractivity contribution in [1.82, 2.24) is 5.32 Å². The maximum atomic E-state index is 12.7. The minimum absolute atomic E-state index is 0.0967. The van der Waals surface area contributed by atoms with E-state index in [0.717, 1.165) is 16.1 Å². The Morgan fingerprint density at radius 2 is 1.82 bits per heavy atom. The molecular weight excluding hydrogens is 400 g/mol. The average molecular weight is 425 g/mol. The van der Waals surface area contributed by atoms with Crippen molar-refractivity contribution in [1.29, 1.82) is 0 Å². The molecule has 0 saturated heterocycles. The molecule has 0 aromatic heterocycles. The summed E-state index contributed by atoms with van der Waals surface area (Å²) >= 11 is 6.13. The second kappa shape index (κ2) is 9.30. The van der Waals surface area contributed by atoms with Crippen molar-refractivity contribution in [2.45, 2.75) is 25.8 Å². The Morgan fingerprint density at radius 1 is 1.18 bits per heavy atom. The molecule has 0 aliphatic heterocycles. The largest absolute Gasteiger partial charge is 0.495 e. The highest BCUT2D eigenvalue weighted by Gasteiger charge is 2.29. The normalized spacial score (nSPS) is 13.5. The van der Waals surface area contributed by atoms with Crippen molar-refractivity contribution in [2.24, 2.45) is 0 Å². The van der Waals surface area contributed by atoms with Gasteiger partial charge in [0.2, 0.25) is 15.9 Å². The van der Waals surface area contributed by atoms with E-state index in [4.69, 9.17) is 16.3 Å². The zero-order chi connectivity index (χ0) is 20.9. The first-order chi connectivity index (χ1) is 13.1. The first-order valence-corrected chi connectivity index (χ1v) is 11.0. The van der Waals surface area contributed by atoms with E-state index in [0.29, 0.717) is 18.0 Å². The van der Waals surface area contributed by atoms with Crippen molar-refractivity contribution in [3.8, 4) is 5.75 Å². The lowest BCUT2D eigenvalue weighted by atomic mass is 10.0. The van der Waals surface area contributed by atoms with Gasteiger partial charge in [-0.15, -0.1) is 0 Å². The summed E-state index contributed by atoms with van der Waals surface area (Å²) in [5.74, 6) is 0.132. The van der Waals surface area contributed by atoms with Crippen LogP contribution in [-0.2, 0) is 14.8 Å². The summed E-state index contributed by atoms with van der Waals surface area (Å²) in [7, 11) is -2.24. The second-order valence-electron chi connectivity index (χ2n) is 6.61. The van der Waals surface area contributed by atoms with Crippen LogP contribution in [0.5, 0.6) is 5.75 Å². The molecule has 28 heavy (non-hydrogen) atoms. The summed E-state index contributed by atoms with van der Waals surface area (Å²) in [4.78, 5) is 12.7. The molecule has 0 fully saturated rings. The molecule has 2 atom stereocenters. The summed E-state index contributed by atoms with van der Waals surface area (Å²) in [5.41, 5.74) is 1.39. The van der Waals surface area contributed by atoms with E-state index >= 15 is 0 Å². The predicted molar refractivity (Wildman–Crippen MR) is 113 cm³/mol. The Bertz CT molecular complexity index is 919. The van der Waals surface area contributed by atoms with Crippen LogP contribution >= 0.6 is 11.6 Å². The summed E-state index contributed by atoms with van der Waals surface area (Å²) < 4.78 is 30.9. The van der Waals surface area contributed by atoms with Crippen molar-refractivity contribution >= 4 is 33.2 Å². The van der Waals surface area contributed by atoms with Gasteiger partial charge in [0.05, 0.1) is 24.1 Å². The van der Waals surface area contributed by atoms with Crippen LogP contribution in [0, 0.1) is 0 Å². The smallest absolute Gasteiger partial charge is 0.243 e. The average Bonchev–Trinajstić information content (AvgIpc) is 2.65. The number of hydrogen-bond donors (Lipinski definition) is 1. The van der Waals surface area contributed by atoms with Crippen molar-refractivity contribution in [3.05, 3.63) is 59.1 Å². The molecule has 0 unspecified atom stereocenters. The summed E-state index contributed by atoms with van der Waals surface area (Å²) in [5, 5.41) is 3.10. The number of sulfonamides is 1. The monoisotopic (exact) mass is 424 g/mol. The van der Waals surface area contributed by atoms with Crippen LogP contribution in [0.15, 0.2) is 48.5 Å². The van der Waals surface area contributed by atoms with Crippen LogP contribution in [0.2, 0.25) is 5.02 Å². The number of carbonyl (C=O) groups is 1. The Balaban J connectivity index is 2.17. The molecule has 6 nitrogen and oxygen atoms in total. The number of amides is 1. The van der Waals surface area contributed by atoms with Crippen molar-refractivity contribution in [2.75, 3.05) is 24.2 Å². The first-order valence-electron chi connectivity index (χ1n) is 8.80. The van der Waals surface area contributed by atoms with Crippen molar-refractivity contribution in [3.63, 3.8) is 0 Å². The molecule has 2 rings (SSSR count). The minimum atomic E-state index is -3.72. The minimum Gasteiger partial charge on any atom is -0.495 e. The number of hydrogen-bond acceptors (Lipinski definition) is 4. The fourth-order valence-electron chi connectivity index (χ4n) is 2.90. The Kier molecular flexibility index (Phi) is 7.32. The van der Waals surface area contributed by atoms with Gasteiger partial charge in [0.1, 0.15) is 11.8 Å². The van der Waals surface area contributed by atoms with Gasteiger partial charge in [-0.05, 0) is 36.6 Å². The van der Waals surface area contributed by atoms with E-state index in [9.17, 15) is 13.2 Å². The van der Waals surface area contributed by atoms with Crippen LogP contribution in [0.3, 0.4) is 0 Å². The highest BCUT2D eigenvalue weighted by atomic mass is 35.5. The number of rotatable bonds is 8. The van der Waals surface area contributed by atoms with Gasteiger partial charge in [-0.3, -0.25) is 9.10 Å². The van der Waals surface area contributed by atoms with E-state index < -0.39 is 16.1 Å². The zero-order valence-electron chi connectivity index (χ0n) is 16.3. The maximum Gasteiger partial charge on any atom is 0.243 e. The maximum absolute atomic E-state index is 12.7. The molecule has 8 heteroatoms. The molecule has 1 N–H and O–H groups in total. The van der Waals surface area contributed by atoms with Crippen molar-refractivity contribution < 1.29 is 17.9 Å². The Morgan fingerprint density at radius 3 is 2.36 bits per heavy atom. The van der Waals surface area contributed by atoms with E-state index in [-0.39, 0.29) is 16.8 Å². The van der Waals surface area contributed by atoms with Gasteiger partial charge in [0.25, 0.3) is 0 Å². The fourth-order valence-corrected chi connectivity index (χ4v) is 4.32. The van der Waals surface area contributed by atoms with Gasteiger partial charge in [-0.25, -0.2) is 8.42 Å². The van der Waals surface area contributed by atoms with E-state index in [1.54, 1.807) is 19.1 Å². The summed E-state index contributed by atoms with van der Waals surface area (Å²) in [6.45, 7) is 3.94. The van der Waals surface area contributed by atoms with Gasteiger partial charge < -0.3 is 10.1 Å². The zero-order valence-corrected chi connectivity index (χ0v) is 17.9. The number of anilines is 1. The van der Waals surface area contributed by atoms with E-state index in [2.05, 4.69) is 5.32 Å². The van der Waals surface area contributed by atoms with E-state index in [1.165, 1.54) is 13.2 Å². The predicted octanol–water partition coefficient (Wildman–Crippen LogP) is 3.42. The Hall–Kier alpha value is -2.25. The molecule has 0 aliphatic carbocycles. The molecule has 2 aromatic carbocycles. The molecule has 0 radical (unpaired) electrons. The number of halogens is 1. The second-order valence-corrected chi connectivity index (χ2v) is 8.88. The number of benzene rings is 2. The highest BCUT2D eigenvalue weighted by molar-refractivity contribution is 7.92. The lowest BCUT2D eigenvalue weighted by Crippen LogP contribution is -2.48. The van der Waals surface area contributed by atoms with Gasteiger partial charge in [-0.1, -0.05) is 48.9 Å². The van der Waals surface area contributed by atoms with Gasteiger partial charge >= 0.3 is 0 Å². The van der Waals surface area contributed by atoms with Crippen LogP contribution in [0.1, 0.15) is 25.3 Å². The number of nitrogens with zero attached hydrogens (tertiary/aromatic N) is 1. The standard InChI is InChI=1S/C20H25ClN2O4S/c1-14(16-8-6-5-7-9-16)13-22-20(24)15(2)23(28(4,25)26)17-10-11-19(27-3)18(21)12-17/h5-12,14-15H,13H2,1-4H3,(H,22,24)/t14-,15+/m0/s1. The number of carbonyl (C=O) groups excluding carboxylic acids is 1. The summed E-state index contributed by atoms with van der Waals surface area (Å²) in [6.07, 6.45) is 1.06. The third kappa shape index (κ3) is 5.39. The fraction of sp³-hybridized carbons (Fsp3) is 0.350. The number of ether oxygens (including phenoxy) is 1. The Labute approximate surface area is 171 Å².